The van der Waals surface area contributed by atoms with Crippen molar-refractivity contribution in [3.8, 4) is 0 Å². The fourth-order valence-corrected chi connectivity index (χ4v) is 2.79. The molecule has 1 fully saturated rings. The number of nitrogens with zero attached hydrogens (tertiary/aromatic N) is 1. The summed E-state index contributed by atoms with van der Waals surface area (Å²) in [6.07, 6.45) is 0.465. The molecule has 0 amide bonds. The summed E-state index contributed by atoms with van der Waals surface area (Å²) in [5.74, 6) is 0. The van der Waals surface area contributed by atoms with E-state index in [9.17, 15) is 14.7 Å². The third-order valence-corrected chi connectivity index (χ3v) is 4.12. The van der Waals surface area contributed by atoms with Gasteiger partial charge in [-0.2, -0.15) is 0 Å². The smallest absolute Gasteiger partial charge is 0.330 e. The van der Waals surface area contributed by atoms with E-state index in [1.165, 1.54) is 10.8 Å². The quantitative estimate of drug-likeness (QED) is 0.841. The predicted molar refractivity (Wildman–Crippen MR) is 86.7 cm³/mol. The van der Waals surface area contributed by atoms with Gasteiger partial charge < -0.3 is 14.6 Å². The molecule has 1 saturated heterocycles. The number of hydrogen-bond acceptors (Lipinski definition) is 5. The SMILES string of the molecule is Cc1cn([C@H]2C[C@H](OCc3ccccc3)[C@@H](CO)O2)c(=O)[nH]c1=O. The van der Waals surface area contributed by atoms with Crippen LogP contribution in [0.4, 0.5) is 0 Å². The van der Waals surface area contributed by atoms with E-state index in [0.717, 1.165) is 5.56 Å². The molecule has 0 unspecified atom stereocenters. The molecule has 1 aromatic heterocycles. The van der Waals surface area contributed by atoms with Crippen molar-refractivity contribution in [3.63, 3.8) is 0 Å². The lowest BCUT2D eigenvalue weighted by molar-refractivity contribution is -0.0658. The zero-order valence-corrected chi connectivity index (χ0v) is 13.3. The Morgan fingerprint density at radius 1 is 1.33 bits per heavy atom. The lowest BCUT2D eigenvalue weighted by Gasteiger charge is -2.16. The number of aliphatic hydroxyl groups excluding tert-OH is 1. The van der Waals surface area contributed by atoms with E-state index >= 15 is 0 Å². The average molecular weight is 332 g/mol. The molecular formula is C17H20N2O5. The molecule has 1 aliphatic rings. The number of nitrogens with one attached hydrogen (secondary N) is 1. The van der Waals surface area contributed by atoms with Crippen molar-refractivity contribution >= 4 is 0 Å². The van der Waals surface area contributed by atoms with Crippen LogP contribution in [0, 0.1) is 6.92 Å². The zero-order valence-electron chi connectivity index (χ0n) is 13.3. The Hall–Kier alpha value is -2.22. The largest absolute Gasteiger partial charge is 0.394 e. The number of aryl methyl sites for hydroxylation is 1. The van der Waals surface area contributed by atoms with Crippen LogP contribution in [0.15, 0.2) is 46.1 Å². The van der Waals surface area contributed by atoms with Crippen LogP contribution in [-0.4, -0.2) is 33.5 Å². The second kappa shape index (κ2) is 7.12. The van der Waals surface area contributed by atoms with E-state index in [1.54, 1.807) is 6.92 Å². The summed E-state index contributed by atoms with van der Waals surface area (Å²) in [6, 6.07) is 9.70. The van der Waals surface area contributed by atoms with Gasteiger partial charge in [0.1, 0.15) is 12.3 Å². The highest BCUT2D eigenvalue weighted by atomic mass is 16.6. The highest BCUT2D eigenvalue weighted by Crippen LogP contribution is 2.30. The summed E-state index contributed by atoms with van der Waals surface area (Å²) >= 11 is 0. The Labute approximate surface area is 138 Å². The second-order valence-corrected chi connectivity index (χ2v) is 5.86. The Bertz CT molecular complexity index is 799. The minimum Gasteiger partial charge on any atom is -0.394 e. The van der Waals surface area contributed by atoms with Crippen molar-refractivity contribution < 1.29 is 14.6 Å². The topological polar surface area (TPSA) is 93.6 Å². The molecule has 0 spiro atoms. The number of aromatic nitrogens is 2. The highest BCUT2D eigenvalue weighted by Gasteiger charge is 2.37. The molecule has 0 radical (unpaired) electrons. The van der Waals surface area contributed by atoms with Gasteiger partial charge in [0.2, 0.25) is 0 Å². The van der Waals surface area contributed by atoms with Crippen molar-refractivity contribution in [2.24, 2.45) is 0 Å². The van der Waals surface area contributed by atoms with Crippen LogP contribution in [0.2, 0.25) is 0 Å². The molecule has 7 heteroatoms. The van der Waals surface area contributed by atoms with Crippen LogP contribution in [0.5, 0.6) is 0 Å². The first kappa shape index (κ1) is 16.6. The maximum absolute atomic E-state index is 12.0. The molecule has 3 atom stereocenters. The van der Waals surface area contributed by atoms with Crippen LogP contribution >= 0.6 is 0 Å². The molecule has 128 valence electrons. The lowest BCUT2D eigenvalue weighted by atomic mass is 10.1. The predicted octanol–water partition coefficient (Wildman–Crippen LogP) is 0.710. The van der Waals surface area contributed by atoms with Gasteiger partial charge in [0.15, 0.2) is 0 Å². The summed E-state index contributed by atoms with van der Waals surface area (Å²) in [5, 5.41) is 9.52. The minimum absolute atomic E-state index is 0.201. The van der Waals surface area contributed by atoms with Crippen LogP contribution in [-0.2, 0) is 16.1 Å². The maximum atomic E-state index is 12.0. The number of rotatable bonds is 5. The van der Waals surface area contributed by atoms with Gasteiger partial charge in [0, 0.05) is 18.2 Å². The van der Waals surface area contributed by atoms with Gasteiger partial charge in [0.05, 0.1) is 19.3 Å². The van der Waals surface area contributed by atoms with Gasteiger partial charge in [-0.15, -0.1) is 0 Å². The van der Waals surface area contributed by atoms with Crippen molar-refractivity contribution in [2.75, 3.05) is 6.61 Å². The molecule has 0 aliphatic carbocycles. The molecule has 1 aromatic carbocycles. The van der Waals surface area contributed by atoms with Crippen LogP contribution in [0.1, 0.15) is 23.8 Å². The van der Waals surface area contributed by atoms with Crippen molar-refractivity contribution in [1.29, 1.82) is 0 Å². The first-order valence-electron chi connectivity index (χ1n) is 7.82. The fourth-order valence-electron chi connectivity index (χ4n) is 2.79. The minimum atomic E-state index is -0.578. The summed E-state index contributed by atoms with van der Waals surface area (Å²) in [4.78, 5) is 25.7. The number of aromatic amines is 1. The second-order valence-electron chi connectivity index (χ2n) is 5.86. The molecule has 2 aromatic rings. The van der Waals surface area contributed by atoms with Crippen molar-refractivity contribution in [2.45, 2.75) is 38.4 Å². The number of ether oxygens (including phenoxy) is 2. The molecule has 2 N–H and O–H groups in total. The summed E-state index contributed by atoms with van der Waals surface area (Å²) in [5.41, 5.74) is 0.503. The van der Waals surface area contributed by atoms with Gasteiger partial charge >= 0.3 is 5.69 Å². The monoisotopic (exact) mass is 332 g/mol. The number of H-pyrrole nitrogens is 1. The molecule has 7 nitrogen and oxygen atoms in total. The Morgan fingerprint density at radius 2 is 2.08 bits per heavy atom. The average Bonchev–Trinajstić information content (AvgIpc) is 3.00. The van der Waals surface area contributed by atoms with E-state index in [2.05, 4.69) is 4.98 Å². The molecule has 3 rings (SSSR count). The maximum Gasteiger partial charge on any atom is 0.330 e. The first-order chi connectivity index (χ1) is 11.6. The third kappa shape index (κ3) is 3.48. The van der Waals surface area contributed by atoms with Crippen molar-refractivity contribution in [1.82, 2.24) is 9.55 Å². The van der Waals surface area contributed by atoms with Crippen LogP contribution in [0.25, 0.3) is 0 Å². The zero-order chi connectivity index (χ0) is 17.1. The Kier molecular flexibility index (Phi) is 4.94. The number of aliphatic hydroxyl groups is 1. The molecule has 0 saturated carbocycles. The summed E-state index contributed by atoms with van der Waals surface area (Å²) < 4.78 is 12.9. The molecular weight excluding hydrogens is 312 g/mol. The van der Waals surface area contributed by atoms with Crippen LogP contribution in [0.3, 0.4) is 0 Å². The summed E-state index contributed by atoms with van der Waals surface area (Å²) in [7, 11) is 0. The van der Waals surface area contributed by atoms with Crippen LogP contribution < -0.4 is 11.2 Å². The number of hydrogen-bond donors (Lipinski definition) is 2. The van der Waals surface area contributed by atoms with Gasteiger partial charge in [-0.1, -0.05) is 30.3 Å². The highest BCUT2D eigenvalue weighted by molar-refractivity contribution is 5.13. The van der Waals surface area contributed by atoms with E-state index in [1.807, 2.05) is 30.3 Å². The first-order valence-corrected chi connectivity index (χ1v) is 7.82. The summed E-state index contributed by atoms with van der Waals surface area (Å²) in [6.45, 7) is 1.82. The van der Waals surface area contributed by atoms with E-state index in [-0.39, 0.29) is 12.7 Å². The van der Waals surface area contributed by atoms with Gasteiger partial charge in [0.25, 0.3) is 5.56 Å². The normalized spacial score (nSPS) is 23.5. The molecule has 24 heavy (non-hydrogen) atoms. The third-order valence-electron chi connectivity index (χ3n) is 4.12. The number of benzene rings is 1. The van der Waals surface area contributed by atoms with Gasteiger partial charge in [-0.05, 0) is 12.5 Å². The standard InChI is InChI=1S/C17H20N2O5/c1-11-8-19(17(22)18-16(11)21)15-7-13(14(9-20)24-15)23-10-12-5-3-2-4-6-12/h2-6,8,13-15,20H,7,9-10H2,1H3,(H,18,21,22)/t13-,14+,15+/m0/s1. The van der Waals surface area contributed by atoms with Gasteiger partial charge in [-0.25, -0.2) is 4.79 Å². The fraction of sp³-hybridized carbons (Fsp3) is 0.412. The van der Waals surface area contributed by atoms with E-state index in [0.29, 0.717) is 18.6 Å². The molecule has 1 aliphatic heterocycles. The van der Waals surface area contributed by atoms with E-state index in [4.69, 9.17) is 9.47 Å². The lowest BCUT2D eigenvalue weighted by Crippen LogP contribution is -2.33. The van der Waals surface area contributed by atoms with Crippen molar-refractivity contribution in [3.05, 3.63) is 68.5 Å². The Balaban J connectivity index is 1.73. The van der Waals surface area contributed by atoms with E-state index < -0.39 is 23.6 Å². The molecule has 0 bridgehead atoms. The van der Waals surface area contributed by atoms with Gasteiger partial charge in [-0.3, -0.25) is 14.3 Å². The Morgan fingerprint density at radius 3 is 2.79 bits per heavy atom. The molecule has 2 heterocycles.